The molecule has 23 heavy (non-hydrogen) atoms. The van der Waals surface area contributed by atoms with E-state index in [1.165, 1.54) is 11.1 Å². The molecule has 1 heterocycles. The van der Waals surface area contributed by atoms with E-state index in [2.05, 4.69) is 36.5 Å². The van der Waals surface area contributed by atoms with Crippen LogP contribution in [0.25, 0.3) is 0 Å². The van der Waals surface area contributed by atoms with E-state index in [4.69, 9.17) is 0 Å². The van der Waals surface area contributed by atoms with Crippen LogP contribution in [0.1, 0.15) is 50.7 Å². The molecule has 0 aliphatic carbocycles. The maximum atomic E-state index is 12.3. The van der Waals surface area contributed by atoms with Crippen LogP contribution in [0.3, 0.4) is 0 Å². The second-order valence-corrected chi connectivity index (χ2v) is 6.25. The summed E-state index contributed by atoms with van der Waals surface area (Å²) in [4.78, 5) is 25.7. The average molecular weight is 316 g/mol. The van der Waals surface area contributed by atoms with Gasteiger partial charge in [0.15, 0.2) is 0 Å². The highest BCUT2D eigenvalue weighted by atomic mass is 16.2. The Balaban J connectivity index is 1.73. The first-order valence-corrected chi connectivity index (χ1v) is 8.77. The van der Waals surface area contributed by atoms with E-state index in [9.17, 15) is 9.59 Å². The lowest BCUT2D eigenvalue weighted by molar-refractivity contribution is -0.132. The highest BCUT2D eigenvalue weighted by molar-refractivity contribution is 5.77. The van der Waals surface area contributed by atoms with Gasteiger partial charge in [-0.3, -0.25) is 9.59 Å². The zero-order valence-corrected chi connectivity index (χ0v) is 14.3. The molecule has 1 saturated heterocycles. The number of rotatable bonds is 6. The molecule has 0 aromatic heterocycles. The van der Waals surface area contributed by atoms with Gasteiger partial charge in [0, 0.05) is 32.0 Å². The Hall–Kier alpha value is -1.84. The van der Waals surface area contributed by atoms with E-state index < -0.39 is 0 Å². The first kappa shape index (κ1) is 17.5. The number of aryl methyl sites for hydroxylation is 2. The van der Waals surface area contributed by atoms with Crippen LogP contribution in [0.15, 0.2) is 24.3 Å². The summed E-state index contributed by atoms with van der Waals surface area (Å²) in [7, 11) is 0. The van der Waals surface area contributed by atoms with Crippen molar-refractivity contribution >= 4 is 11.8 Å². The minimum Gasteiger partial charge on any atom is -0.353 e. The van der Waals surface area contributed by atoms with Crippen LogP contribution in [0.2, 0.25) is 0 Å². The molecule has 1 aromatic rings. The molecule has 126 valence electrons. The van der Waals surface area contributed by atoms with Gasteiger partial charge in [0.2, 0.25) is 11.8 Å². The van der Waals surface area contributed by atoms with Crippen molar-refractivity contribution in [2.75, 3.05) is 13.1 Å². The Bertz CT molecular complexity index is 517. The SMILES string of the molecule is CCC(=O)NC1CCN(C(=O)CCc2ccc(CC)cc2)CC1. The van der Waals surface area contributed by atoms with Crippen molar-refractivity contribution in [2.24, 2.45) is 0 Å². The summed E-state index contributed by atoms with van der Waals surface area (Å²) in [6.45, 7) is 5.51. The summed E-state index contributed by atoms with van der Waals surface area (Å²) < 4.78 is 0. The monoisotopic (exact) mass is 316 g/mol. The zero-order chi connectivity index (χ0) is 16.7. The third kappa shape index (κ3) is 5.38. The maximum absolute atomic E-state index is 12.3. The average Bonchev–Trinajstić information content (AvgIpc) is 2.60. The van der Waals surface area contributed by atoms with Crippen molar-refractivity contribution in [2.45, 2.75) is 58.4 Å². The van der Waals surface area contributed by atoms with Crippen LogP contribution < -0.4 is 5.32 Å². The van der Waals surface area contributed by atoms with Gasteiger partial charge in [0.05, 0.1) is 0 Å². The number of piperidine rings is 1. The van der Waals surface area contributed by atoms with Gasteiger partial charge in [0.25, 0.3) is 0 Å². The molecule has 1 aliphatic rings. The van der Waals surface area contributed by atoms with E-state index in [0.717, 1.165) is 38.8 Å². The summed E-state index contributed by atoms with van der Waals surface area (Å²) in [6, 6.07) is 8.76. The quantitative estimate of drug-likeness (QED) is 0.877. The number of nitrogens with one attached hydrogen (secondary N) is 1. The number of likely N-dealkylation sites (tertiary alicyclic amines) is 1. The zero-order valence-electron chi connectivity index (χ0n) is 14.3. The molecule has 2 amide bonds. The van der Waals surface area contributed by atoms with Crippen molar-refractivity contribution in [3.63, 3.8) is 0 Å². The van der Waals surface area contributed by atoms with Gasteiger partial charge in [-0.1, -0.05) is 38.1 Å². The number of nitrogens with zero attached hydrogens (tertiary/aromatic N) is 1. The number of benzene rings is 1. The highest BCUT2D eigenvalue weighted by Crippen LogP contribution is 2.13. The summed E-state index contributed by atoms with van der Waals surface area (Å²) in [5.41, 5.74) is 2.55. The minimum absolute atomic E-state index is 0.102. The van der Waals surface area contributed by atoms with Crippen LogP contribution in [0, 0.1) is 0 Å². The molecule has 0 atom stereocenters. The summed E-state index contributed by atoms with van der Waals surface area (Å²) in [5, 5.41) is 3.02. The van der Waals surface area contributed by atoms with E-state index in [-0.39, 0.29) is 17.9 Å². The molecule has 4 nitrogen and oxygen atoms in total. The first-order chi connectivity index (χ1) is 11.1. The van der Waals surface area contributed by atoms with E-state index >= 15 is 0 Å². The lowest BCUT2D eigenvalue weighted by Gasteiger charge is -2.32. The molecule has 0 bridgehead atoms. The number of amides is 2. The van der Waals surface area contributed by atoms with Crippen molar-refractivity contribution in [1.29, 1.82) is 0 Å². The second kappa shape index (κ2) is 8.70. The standard InChI is InChI=1S/C19H28N2O2/c1-3-15-5-7-16(8-6-15)9-10-19(23)21-13-11-17(12-14-21)20-18(22)4-2/h5-8,17H,3-4,9-14H2,1-2H3,(H,20,22). The Morgan fingerprint density at radius 3 is 2.26 bits per heavy atom. The Morgan fingerprint density at radius 1 is 1.09 bits per heavy atom. The summed E-state index contributed by atoms with van der Waals surface area (Å²) in [5.74, 6) is 0.329. The van der Waals surface area contributed by atoms with E-state index in [0.29, 0.717) is 12.8 Å². The van der Waals surface area contributed by atoms with Gasteiger partial charge >= 0.3 is 0 Å². The number of hydrogen-bond acceptors (Lipinski definition) is 2. The molecule has 1 N–H and O–H groups in total. The normalized spacial score (nSPS) is 15.5. The van der Waals surface area contributed by atoms with Crippen LogP contribution in [-0.4, -0.2) is 35.8 Å². The lowest BCUT2D eigenvalue weighted by Crippen LogP contribution is -2.46. The Labute approximate surface area is 139 Å². The van der Waals surface area contributed by atoms with Crippen molar-refractivity contribution in [3.8, 4) is 0 Å². The second-order valence-electron chi connectivity index (χ2n) is 6.25. The van der Waals surface area contributed by atoms with Crippen molar-refractivity contribution < 1.29 is 9.59 Å². The summed E-state index contributed by atoms with van der Waals surface area (Å²) >= 11 is 0. The molecule has 1 fully saturated rings. The van der Waals surface area contributed by atoms with Crippen LogP contribution >= 0.6 is 0 Å². The fraction of sp³-hybridized carbons (Fsp3) is 0.579. The topological polar surface area (TPSA) is 49.4 Å². The number of carbonyl (C=O) groups excluding carboxylic acids is 2. The fourth-order valence-corrected chi connectivity index (χ4v) is 2.95. The molecule has 1 aromatic carbocycles. The van der Waals surface area contributed by atoms with Gasteiger partial charge < -0.3 is 10.2 Å². The van der Waals surface area contributed by atoms with E-state index in [1.54, 1.807) is 0 Å². The van der Waals surface area contributed by atoms with Gasteiger partial charge in [0.1, 0.15) is 0 Å². The van der Waals surface area contributed by atoms with Gasteiger partial charge in [-0.2, -0.15) is 0 Å². The molecule has 2 rings (SSSR count). The van der Waals surface area contributed by atoms with Gasteiger partial charge in [-0.15, -0.1) is 0 Å². The molecule has 1 aliphatic heterocycles. The molecule has 4 heteroatoms. The molecule has 0 unspecified atom stereocenters. The third-order valence-corrected chi connectivity index (χ3v) is 4.59. The number of carbonyl (C=O) groups is 2. The maximum Gasteiger partial charge on any atom is 0.222 e. The minimum atomic E-state index is 0.102. The molecular formula is C19H28N2O2. The predicted octanol–water partition coefficient (Wildman–Crippen LogP) is 2.70. The van der Waals surface area contributed by atoms with Gasteiger partial charge in [-0.05, 0) is 36.8 Å². The molecule has 0 spiro atoms. The van der Waals surface area contributed by atoms with Gasteiger partial charge in [-0.25, -0.2) is 0 Å². The largest absolute Gasteiger partial charge is 0.353 e. The summed E-state index contributed by atoms with van der Waals surface area (Å²) in [6.07, 6.45) is 4.66. The third-order valence-electron chi connectivity index (χ3n) is 4.59. The fourth-order valence-electron chi connectivity index (χ4n) is 2.95. The van der Waals surface area contributed by atoms with Crippen LogP contribution in [-0.2, 0) is 22.4 Å². The molecule has 0 saturated carbocycles. The smallest absolute Gasteiger partial charge is 0.222 e. The van der Waals surface area contributed by atoms with Crippen molar-refractivity contribution in [1.82, 2.24) is 10.2 Å². The lowest BCUT2D eigenvalue weighted by atomic mass is 10.0. The first-order valence-electron chi connectivity index (χ1n) is 8.77. The van der Waals surface area contributed by atoms with Crippen LogP contribution in [0.4, 0.5) is 0 Å². The molecular weight excluding hydrogens is 288 g/mol. The Morgan fingerprint density at radius 2 is 1.70 bits per heavy atom. The van der Waals surface area contributed by atoms with E-state index in [1.807, 2.05) is 11.8 Å². The Kier molecular flexibility index (Phi) is 6.63. The van der Waals surface area contributed by atoms with Crippen molar-refractivity contribution in [3.05, 3.63) is 35.4 Å². The highest BCUT2D eigenvalue weighted by Gasteiger charge is 2.23. The number of hydrogen-bond donors (Lipinski definition) is 1. The molecule has 0 radical (unpaired) electrons. The predicted molar refractivity (Wildman–Crippen MR) is 92.2 cm³/mol. The van der Waals surface area contributed by atoms with Crippen LogP contribution in [0.5, 0.6) is 0 Å².